The Morgan fingerprint density at radius 2 is 2.04 bits per heavy atom. The molecule has 0 aliphatic carbocycles. The van der Waals surface area contributed by atoms with Crippen LogP contribution in [0.5, 0.6) is 0 Å². The minimum Gasteiger partial charge on any atom is -0.462 e. The molecule has 0 aliphatic rings. The molecule has 1 amide bonds. The fraction of sp³-hybridized carbons (Fsp3) is 0.333. The normalized spacial score (nSPS) is 11.4. The zero-order chi connectivity index (χ0) is 18.4. The van der Waals surface area contributed by atoms with Crippen molar-refractivity contribution >= 4 is 11.9 Å². The number of hydrogen-bond donors (Lipinski definition) is 1. The second-order valence-corrected chi connectivity index (χ2v) is 5.56. The standard InChI is InChI=1S/C18H20N4O3/c1-4-25-18(24)16-11-21-22(13(16)3)15-7-5-14(6-8-15)17(23)20-10-12(2)9-19/h5-8,11-12H,4,10H2,1-3H3,(H,20,23). The highest BCUT2D eigenvalue weighted by Crippen LogP contribution is 2.16. The third-order valence-corrected chi connectivity index (χ3v) is 3.67. The Bertz CT molecular complexity index is 803. The van der Waals surface area contributed by atoms with Crippen LogP contribution in [-0.2, 0) is 4.74 Å². The Kier molecular flexibility index (Phi) is 5.90. The average Bonchev–Trinajstić information content (AvgIpc) is 3.01. The van der Waals surface area contributed by atoms with Gasteiger partial charge in [0.05, 0.1) is 36.2 Å². The molecule has 25 heavy (non-hydrogen) atoms. The van der Waals surface area contributed by atoms with Gasteiger partial charge in [-0.15, -0.1) is 0 Å². The summed E-state index contributed by atoms with van der Waals surface area (Å²) in [7, 11) is 0. The van der Waals surface area contributed by atoms with Gasteiger partial charge in [0, 0.05) is 12.1 Å². The SMILES string of the molecule is CCOC(=O)c1cnn(-c2ccc(C(=O)NCC(C)C#N)cc2)c1C. The average molecular weight is 340 g/mol. The van der Waals surface area contributed by atoms with Gasteiger partial charge >= 0.3 is 5.97 Å². The molecular formula is C18H20N4O3. The van der Waals surface area contributed by atoms with Crippen molar-refractivity contribution in [1.29, 1.82) is 5.26 Å². The lowest BCUT2D eigenvalue weighted by Crippen LogP contribution is -2.27. The Labute approximate surface area is 146 Å². The predicted molar refractivity (Wildman–Crippen MR) is 91.4 cm³/mol. The fourth-order valence-corrected chi connectivity index (χ4v) is 2.23. The molecule has 1 N–H and O–H groups in total. The summed E-state index contributed by atoms with van der Waals surface area (Å²) in [5.41, 5.74) is 2.30. The first-order valence-corrected chi connectivity index (χ1v) is 7.98. The molecule has 2 aromatic rings. The van der Waals surface area contributed by atoms with Crippen LogP contribution < -0.4 is 5.32 Å². The second kappa shape index (κ2) is 8.11. The van der Waals surface area contributed by atoms with E-state index in [0.29, 0.717) is 30.0 Å². The van der Waals surface area contributed by atoms with E-state index in [1.165, 1.54) is 6.20 Å². The van der Waals surface area contributed by atoms with Crippen LogP contribution in [0, 0.1) is 24.2 Å². The molecule has 0 radical (unpaired) electrons. The van der Waals surface area contributed by atoms with E-state index in [0.717, 1.165) is 5.69 Å². The first-order chi connectivity index (χ1) is 12.0. The van der Waals surface area contributed by atoms with Gasteiger partial charge in [0.2, 0.25) is 0 Å². The number of ether oxygens (including phenoxy) is 1. The molecule has 0 bridgehead atoms. The van der Waals surface area contributed by atoms with Crippen LogP contribution in [0.4, 0.5) is 0 Å². The number of carbonyl (C=O) groups is 2. The van der Waals surface area contributed by atoms with Crippen LogP contribution in [0.3, 0.4) is 0 Å². The van der Waals surface area contributed by atoms with Crippen LogP contribution in [0.25, 0.3) is 5.69 Å². The molecule has 1 aromatic carbocycles. The number of nitrogens with zero attached hydrogens (tertiary/aromatic N) is 3. The highest BCUT2D eigenvalue weighted by molar-refractivity contribution is 5.94. The number of amides is 1. The molecule has 7 nitrogen and oxygen atoms in total. The smallest absolute Gasteiger partial charge is 0.341 e. The monoisotopic (exact) mass is 340 g/mol. The maximum atomic E-state index is 12.0. The summed E-state index contributed by atoms with van der Waals surface area (Å²) in [6.07, 6.45) is 1.47. The summed E-state index contributed by atoms with van der Waals surface area (Å²) < 4.78 is 6.61. The quantitative estimate of drug-likeness (QED) is 0.814. The summed E-state index contributed by atoms with van der Waals surface area (Å²) in [4.78, 5) is 23.9. The molecule has 0 saturated heterocycles. The molecule has 1 aromatic heterocycles. The van der Waals surface area contributed by atoms with Gasteiger partial charge < -0.3 is 10.1 Å². The molecule has 7 heteroatoms. The summed E-state index contributed by atoms with van der Waals surface area (Å²) in [6.45, 7) is 5.88. The number of nitriles is 1. The lowest BCUT2D eigenvalue weighted by atomic mass is 10.1. The number of nitrogens with one attached hydrogen (secondary N) is 1. The topological polar surface area (TPSA) is 97.0 Å². The number of esters is 1. The van der Waals surface area contributed by atoms with Crippen molar-refractivity contribution < 1.29 is 14.3 Å². The third-order valence-electron chi connectivity index (χ3n) is 3.67. The van der Waals surface area contributed by atoms with E-state index in [1.54, 1.807) is 49.7 Å². The van der Waals surface area contributed by atoms with Gasteiger partial charge in [0.1, 0.15) is 5.56 Å². The maximum Gasteiger partial charge on any atom is 0.341 e. The van der Waals surface area contributed by atoms with Gasteiger partial charge in [-0.1, -0.05) is 0 Å². The van der Waals surface area contributed by atoms with E-state index in [4.69, 9.17) is 10.00 Å². The van der Waals surface area contributed by atoms with E-state index in [9.17, 15) is 9.59 Å². The van der Waals surface area contributed by atoms with E-state index in [2.05, 4.69) is 16.5 Å². The first-order valence-electron chi connectivity index (χ1n) is 7.98. The molecule has 1 atom stereocenters. The molecule has 0 fully saturated rings. The zero-order valence-electron chi connectivity index (χ0n) is 14.4. The minimum absolute atomic E-state index is 0.238. The van der Waals surface area contributed by atoms with Crippen molar-refractivity contribution in [2.45, 2.75) is 20.8 Å². The predicted octanol–water partition coefficient (Wildman–Crippen LogP) is 2.25. The summed E-state index contributed by atoms with van der Waals surface area (Å²) in [5.74, 6) is -0.886. The Hall–Kier alpha value is -3.14. The largest absolute Gasteiger partial charge is 0.462 e. The van der Waals surface area contributed by atoms with Crippen LogP contribution in [0.2, 0.25) is 0 Å². The van der Waals surface area contributed by atoms with Gasteiger partial charge in [-0.3, -0.25) is 4.79 Å². The Morgan fingerprint density at radius 3 is 2.64 bits per heavy atom. The molecule has 1 heterocycles. The van der Waals surface area contributed by atoms with Crippen LogP contribution >= 0.6 is 0 Å². The van der Waals surface area contributed by atoms with Crippen molar-refractivity contribution in [2.24, 2.45) is 5.92 Å². The summed E-state index contributed by atoms with van der Waals surface area (Å²) in [6, 6.07) is 8.91. The molecule has 0 spiro atoms. The molecule has 130 valence electrons. The molecule has 1 unspecified atom stereocenters. The molecule has 2 rings (SSSR count). The van der Waals surface area contributed by atoms with Gasteiger partial charge in [-0.25, -0.2) is 9.48 Å². The summed E-state index contributed by atoms with van der Waals surface area (Å²) in [5, 5.41) is 15.7. The third kappa shape index (κ3) is 4.23. The molecular weight excluding hydrogens is 320 g/mol. The highest BCUT2D eigenvalue weighted by Gasteiger charge is 2.16. The van der Waals surface area contributed by atoms with E-state index in [1.807, 2.05) is 0 Å². The molecule has 0 saturated carbocycles. The van der Waals surface area contributed by atoms with Crippen LogP contribution in [0.1, 0.15) is 40.3 Å². The van der Waals surface area contributed by atoms with Crippen molar-refractivity contribution in [3.8, 4) is 11.8 Å². The van der Waals surface area contributed by atoms with Gasteiger partial charge in [0.15, 0.2) is 0 Å². The van der Waals surface area contributed by atoms with Gasteiger partial charge in [0.25, 0.3) is 5.91 Å². The van der Waals surface area contributed by atoms with Gasteiger partial charge in [-0.05, 0) is 45.0 Å². The highest BCUT2D eigenvalue weighted by atomic mass is 16.5. The maximum absolute atomic E-state index is 12.0. The minimum atomic E-state index is -0.408. The van der Waals surface area contributed by atoms with Crippen molar-refractivity contribution in [1.82, 2.24) is 15.1 Å². The van der Waals surface area contributed by atoms with Crippen molar-refractivity contribution in [3.05, 3.63) is 47.3 Å². The van der Waals surface area contributed by atoms with Gasteiger partial charge in [-0.2, -0.15) is 10.4 Å². The fourth-order valence-electron chi connectivity index (χ4n) is 2.23. The molecule has 0 aliphatic heterocycles. The van der Waals surface area contributed by atoms with Crippen LogP contribution in [-0.4, -0.2) is 34.8 Å². The lowest BCUT2D eigenvalue weighted by molar-refractivity contribution is 0.0525. The Morgan fingerprint density at radius 1 is 1.36 bits per heavy atom. The number of benzene rings is 1. The lowest BCUT2D eigenvalue weighted by Gasteiger charge is -2.08. The first kappa shape index (κ1) is 18.2. The van der Waals surface area contributed by atoms with Crippen LogP contribution in [0.15, 0.2) is 30.5 Å². The number of hydrogen-bond acceptors (Lipinski definition) is 5. The number of aromatic nitrogens is 2. The zero-order valence-corrected chi connectivity index (χ0v) is 14.4. The number of carbonyl (C=O) groups excluding carboxylic acids is 2. The Balaban J connectivity index is 2.14. The van der Waals surface area contributed by atoms with E-state index < -0.39 is 5.97 Å². The van der Waals surface area contributed by atoms with E-state index >= 15 is 0 Å². The van der Waals surface area contributed by atoms with Crippen molar-refractivity contribution in [2.75, 3.05) is 13.2 Å². The second-order valence-electron chi connectivity index (χ2n) is 5.56. The number of rotatable bonds is 6. The summed E-state index contributed by atoms with van der Waals surface area (Å²) >= 11 is 0. The van der Waals surface area contributed by atoms with E-state index in [-0.39, 0.29) is 11.8 Å². The van der Waals surface area contributed by atoms with Crippen molar-refractivity contribution in [3.63, 3.8) is 0 Å².